The van der Waals surface area contributed by atoms with Crippen LogP contribution in [-0.2, 0) is 16.6 Å². The fourth-order valence-electron chi connectivity index (χ4n) is 4.10. The lowest BCUT2D eigenvalue weighted by molar-refractivity contribution is -0.121. The molecule has 0 atom stereocenters. The Morgan fingerprint density at radius 1 is 1.12 bits per heavy atom. The van der Waals surface area contributed by atoms with Crippen LogP contribution in [0.3, 0.4) is 0 Å². The predicted octanol–water partition coefficient (Wildman–Crippen LogP) is 4.72. The lowest BCUT2D eigenvalue weighted by Crippen LogP contribution is -2.31. The average molecular weight is 427 g/mol. The van der Waals surface area contributed by atoms with Gasteiger partial charge in [0.1, 0.15) is 11.2 Å². The number of pyridine rings is 1. The maximum Gasteiger partial charge on any atom is 0.170 e. The van der Waals surface area contributed by atoms with Crippen molar-refractivity contribution in [1.29, 1.82) is 5.26 Å². The van der Waals surface area contributed by atoms with E-state index >= 15 is 0 Å². The summed E-state index contributed by atoms with van der Waals surface area (Å²) in [6.07, 6.45) is 7.05. The highest BCUT2D eigenvalue weighted by Crippen LogP contribution is 2.36. The minimum atomic E-state index is -0.706. The standard InChI is InChI=1S/C26H26N4O2/c1-18(2)20-4-6-22(7-5-20)30-16-21(15-29-30)24(32)13-19-3-8-25(28-14-19)26(17-27)11-9-23(31)10-12-26/h3-8,14-16,18H,9-13H2,1-2H3. The normalized spacial score (nSPS) is 15.5. The Bertz CT molecular complexity index is 1160. The van der Waals surface area contributed by atoms with E-state index in [1.807, 2.05) is 24.3 Å². The van der Waals surface area contributed by atoms with Gasteiger partial charge in [0, 0.05) is 31.7 Å². The molecule has 0 unspecified atom stereocenters. The number of benzene rings is 1. The van der Waals surface area contributed by atoms with Crippen LogP contribution in [0.5, 0.6) is 0 Å². The van der Waals surface area contributed by atoms with Gasteiger partial charge < -0.3 is 0 Å². The first kappa shape index (κ1) is 21.6. The number of nitriles is 1. The summed E-state index contributed by atoms with van der Waals surface area (Å²) in [7, 11) is 0. The van der Waals surface area contributed by atoms with Crippen molar-refractivity contribution in [3.05, 3.63) is 77.4 Å². The molecule has 0 amide bonds. The van der Waals surface area contributed by atoms with Crippen molar-refractivity contribution in [3.8, 4) is 11.8 Å². The zero-order chi connectivity index (χ0) is 22.7. The molecule has 1 aliphatic rings. The van der Waals surface area contributed by atoms with Gasteiger partial charge in [0.15, 0.2) is 5.78 Å². The van der Waals surface area contributed by atoms with Gasteiger partial charge in [0.05, 0.1) is 29.2 Å². The van der Waals surface area contributed by atoms with Gasteiger partial charge in [-0.05, 0) is 48.1 Å². The Balaban J connectivity index is 1.44. The van der Waals surface area contributed by atoms with E-state index in [2.05, 4.69) is 42.1 Å². The highest BCUT2D eigenvalue weighted by molar-refractivity contribution is 5.97. The molecule has 4 rings (SSSR count). The number of carbonyl (C=O) groups excluding carboxylic acids is 2. The summed E-state index contributed by atoms with van der Waals surface area (Å²) < 4.78 is 1.71. The van der Waals surface area contributed by atoms with Gasteiger partial charge in [-0.1, -0.05) is 32.0 Å². The minimum Gasteiger partial charge on any atom is -0.300 e. The second kappa shape index (κ2) is 8.88. The Morgan fingerprint density at radius 3 is 2.44 bits per heavy atom. The molecule has 3 aromatic rings. The van der Waals surface area contributed by atoms with Crippen molar-refractivity contribution >= 4 is 11.6 Å². The number of nitrogens with zero attached hydrogens (tertiary/aromatic N) is 4. The molecule has 6 nitrogen and oxygen atoms in total. The number of ketones is 2. The summed E-state index contributed by atoms with van der Waals surface area (Å²) >= 11 is 0. The van der Waals surface area contributed by atoms with Crippen LogP contribution in [0.2, 0.25) is 0 Å². The molecule has 1 aromatic carbocycles. The molecule has 1 saturated carbocycles. The van der Waals surface area contributed by atoms with Crippen LogP contribution in [0.25, 0.3) is 5.69 Å². The average Bonchev–Trinajstić information content (AvgIpc) is 3.31. The molecule has 0 spiro atoms. The Morgan fingerprint density at radius 2 is 1.84 bits per heavy atom. The lowest BCUT2D eigenvalue weighted by Gasteiger charge is -2.29. The quantitative estimate of drug-likeness (QED) is 0.532. The zero-order valence-electron chi connectivity index (χ0n) is 18.4. The van der Waals surface area contributed by atoms with E-state index in [0.717, 1.165) is 11.3 Å². The second-order valence-corrected chi connectivity index (χ2v) is 8.80. The van der Waals surface area contributed by atoms with Gasteiger partial charge in [-0.15, -0.1) is 0 Å². The Kier molecular flexibility index (Phi) is 6.00. The number of rotatable bonds is 6. The summed E-state index contributed by atoms with van der Waals surface area (Å²) in [5.41, 5.74) is 3.47. The lowest BCUT2D eigenvalue weighted by atomic mass is 9.72. The molecule has 2 heterocycles. The molecule has 0 radical (unpaired) electrons. The van der Waals surface area contributed by atoms with Crippen LogP contribution in [-0.4, -0.2) is 26.3 Å². The topological polar surface area (TPSA) is 88.6 Å². The molecule has 2 aromatic heterocycles. The smallest absolute Gasteiger partial charge is 0.170 e. The molecule has 162 valence electrons. The van der Waals surface area contributed by atoms with Crippen molar-refractivity contribution in [3.63, 3.8) is 0 Å². The zero-order valence-corrected chi connectivity index (χ0v) is 18.4. The van der Waals surface area contributed by atoms with Crippen LogP contribution in [0.4, 0.5) is 0 Å². The van der Waals surface area contributed by atoms with Crippen LogP contribution >= 0.6 is 0 Å². The molecule has 1 fully saturated rings. The molecule has 32 heavy (non-hydrogen) atoms. The maximum atomic E-state index is 12.8. The van der Waals surface area contributed by atoms with Crippen molar-refractivity contribution in [2.45, 2.75) is 57.3 Å². The Hall–Kier alpha value is -3.59. The van der Waals surface area contributed by atoms with E-state index in [1.165, 1.54) is 5.56 Å². The summed E-state index contributed by atoms with van der Waals surface area (Å²) in [4.78, 5) is 28.8. The highest BCUT2D eigenvalue weighted by atomic mass is 16.1. The fraction of sp³-hybridized carbons (Fsp3) is 0.346. The second-order valence-electron chi connectivity index (χ2n) is 8.80. The largest absolute Gasteiger partial charge is 0.300 e. The first-order valence-corrected chi connectivity index (χ1v) is 11.0. The fourth-order valence-corrected chi connectivity index (χ4v) is 4.10. The van der Waals surface area contributed by atoms with Gasteiger partial charge in [-0.2, -0.15) is 10.4 Å². The number of carbonyl (C=O) groups is 2. The predicted molar refractivity (Wildman–Crippen MR) is 121 cm³/mol. The molecular weight excluding hydrogens is 400 g/mol. The van der Waals surface area contributed by atoms with Crippen LogP contribution in [0.1, 0.15) is 72.6 Å². The third-order valence-corrected chi connectivity index (χ3v) is 6.28. The third kappa shape index (κ3) is 4.38. The van der Waals surface area contributed by atoms with Gasteiger partial charge in [-0.3, -0.25) is 14.6 Å². The first-order valence-electron chi connectivity index (χ1n) is 11.0. The van der Waals surface area contributed by atoms with Crippen LogP contribution in [0.15, 0.2) is 55.0 Å². The number of Topliss-reactive ketones (excluding diaryl/α,β-unsaturated/α-hetero) is 2. The summed E-state index contributed by atoms with van der Waals surface area (Å²) in [6.45, 7) is 4.30. The van der Waals surface area contributed by atoms with E-state index in [9.17, 15) is 14.9 Å². The molecule has 6 heteroatoms. The number of aromatic nitrogens is 3. The van der Waals surface area contributed by atoms with Gasteiger partial charge >= 0.3 is 0 Å². The van der Waals surface area contributed by atoms with Crippen molar-refractivity contribution in [2.75, 3.05) is 0 Å². The minimum absolute atomic E-state index is 0.0390. The molecule has 0 N–H and O–H groups in total. The van der Waals surface area contributed by atoms with Crippen molar-refractivity contribution in [2.24, 2.45) is 0 Å². The monoisotopic (exact) mass is 426 g/mol. The van der Waals surface area contributed by atoms with Crippen molar-refractivity contribution in [1.82, 2.24) is 14.8 Å². The molecule has 0 saturated heterocycles. The molecule has 1 aliphatic carbocycles. The van der Waals surface area contributed by atoms with Gasteiger partial charge in [-0.25, -0.2) is 4.68 Å². The van der Waals surface area contributed by atoms with Gasteiger partial charge in [0.2, 0.25) is 0 Å². The van der Waals surface area contributed by atoms with Crippen LogP contribution in [0, 0.1) is 11.3 Å². The Labute approximate surface area is 187 Å². The van der Waals surface area contributed by atoms with Crippen LogP contribution < -0.4 is 0 Å². The number of hydrogen-bond donors (Lipinski definition) is 0. The van der Waals surface area contributed by atoms with E-state index in [0.29, 0.717) is 42.9 Å². The van der Waals surface area contributed by atoms with E-state index in [1.54, 1.807) is 23.3 Å². The van der Waals surface area contributed by atoms with E-state index in [-0.39, 0.29) is 18.0 Å². The summed E-state index contributed by atoms with van der Waals surface area (Å²) in [5.74, 6) is 0.625. The first-order chi connectivity index (χ1) is 15.4. The van der Waals surface area contributed by atoms with Gasteiger partial charge in [0.25, 0.3) is 0 Å². The summed E-state index contributed by atoms with van der Waals surface area (Å²) in [6, 6.07) is 14.2. The third-order valence-electron chi connectivity index (χ3n) is 6.28. The molecule has 0 aliphatic heterocycles. The maximum absolute atomic E-state index is 12.8. The number of hydrogen-bond acceptors (Lipinski definition) is 5. The SMILES string of the molecule is CC(C)c1ccc(-n2cc(C(=O)Cc3ccc(C4(C#N)CCC(=O)CC4)nc3)cn2)cc1. The summed E-state index contributed by atoms with van der Waals surface area (Å²) in [5, 5.41) is 14.1. The highest BCUT2D eigenvalue weighted by Gasteiger charge is 2.37. The molecular formula is C26H26N4O2. The molecule has 0 bridgehead atoms. The van der Waals surface area contributed by atoms with E-state index < -0.39 is 5.41 Å². The van der Waals surface area contributed by atoms with Crippen molar-refractivity contribution < 1.29 is 9.59 Å². The van der Waals surface area contributed by atoms with E-state index in [4.69, 9.17) is 0 Å².